The van der Waals surface area contributed by atoms with Gasteiger partial charge in [-0.05, 0) is 43.7 Å². The number of halogens is 3. The minimum atomic E-state index is -4.58. The van der Waals surface area contributed by atoms with Crippen molar-refractivity contribution in [1.82, 2.24) is 0 Å². The molecule has 0 aliphatic carbocycles. The fourth-order valence-corrected chi connectivity index (χ4v) is 2.34. The standard InChI is InChI=1S/C18H17F3N2O4/c1-3-8-27-16-7-5-13(18(19,20)21)10-14(16)22-17(24)12-4-6-15(23(25)26)11(2)9-12/h4-7,9-10H,3,8H2,1-2H3,(H,22,24). The van der Waals surface area contributed by atoms with Crippen LogP contribution in [0.15, 0.2) is 36.4 Å². The van der Waals surface area contributed by atoms with Crippen molar-refractivity contribution in [1.29, 1.82) is 0 Å². The summed E-state index contributed by atoms with van der Waals surface area (Å²) in [5.41, 5.74) is -0.866. The molecule has 0 spiro atoms. The largest absolute Gasteiger partial charge is 0.491 e. The van der Waals surface area contributed by atoms with E-state index in [4.69, 9.17) is 4.74 Å². The normalized spacial score (nSPS) is 11.1. The number of carbonyl (C=O) groups excluding carboxylic acids is 1. The number of nitrogens with zero attached hydrogens (tertiary/aromatic N) is 1. The second-order valence-corrected chi connectivity index (χ2v) is 5.77. The maximum absolute atomic E-state index is 13.0. The molecule has 0 atom stereocenters. The number of hydrogen-bond donors (Lipinski definition) is 1. The molecule has 0 fully saturated rings. The maximum Gasteiger partial charge on any atom is 0.416 e. The molecule has 0 aromatic heterocycles. The summed E-state index contributed by atoms with van der Waals surface area (Å²) in [6, 6.07) is 6.52. The van der Waals surface area contributed by atoms with Gasteiger partial charge >= 0.3 is 6.18 Å². The number of anilines is 1. The SMILES string of the molecule is CCCOc1ccc(C(F)(F)F)cc1NC(=O)c1ccc([N+](=O)[O-])c(C)c1. The summed E-state index contributed by atoms with van der Waals surface area (Å²) in [6.45, 7) is 3.57. The number of ether oxygens (including phenoxy) is 1. The van der Waals surface area contributed by atoms with Crippen LogP contribution in [-0.4, -0.2) is 17.4 Å². The summed E-state index contributed by atoms with van der Waals surface area (Å²) in [5, 5.41) is 13.2. The summed E-state index contributed by atoms with van der Waals surface area (Å²) in [7, 11) is 0. The number of hydrogen-bond acceptors (Lipinski definition) is 4. The molecule has 6 nitrogen and oxygen atoms in total. The lowest BCUT2D eigenvalue weighted by Crippen LogP contribution is -2.15. The predicted molar refractivity (Wildman–Crippen MR) is 93.0 cm³/mol. The van der Waals surface area contributed by atoms with Gasteiger partial charge in [0, 0.05) is 17.2 Å². The van der Waals surface area contributed by atoms with Crippen molar-refractivity contribution in [2.45, 2.75) is 26.4 Å². The van der Waals surface area contributed by atoms with Gasteiger partial charge in [0.2, 0.25) is 0 Å². The van der Waals surface area contributed by atoms with E-state index in [2.05, 4.69) is 5.32 Å². The molecule has 0 saturated carbocycles. The molecule has 2 aromatic carbocycles. The molecule has 2 aromatic rings. The summed E-state index contributed by atoms with van der Waals surface area (Å²) < 4.78 is 44.3. The van der Waals surface area contributed by atoms with Crippen molar-refractivity contribution in [3.05, 3.63) is 63.2 Å². The number of nitrogens with one attached hydrogen (secondary N) is 1. The zero-order valence-electron chi connectivity index (χ0n) is 14.6. The zero-order chi connectivity index (χ0) is 20.2. The van der Waals surface area contributed by atoms with Crippen LogP contribution in [0.2, 0.25) is 0 Å². The Balaban J connectivity index is 2.34. The molecule has 0 aliphatic rings. The molecule has 2 rings (SSSR count). The number of benzene rings is 2. The van der Waals surface area contributed by atoms with Gasteiger partial charge < -0.3 is 10.1 Å². The third kappa shape index (κ3) is 4.96. The maximum atomic E-state index is 13.0. The third-order valence-corrected chi connectivity index (χ3v) is 3.67. The summed E-state index contributed by atoms with van der Waals surface area (Å²) in [5.74, 6) is -0.592. The molecule has 0 heterocycles. The molecule has 1 amide bonds. The first-order chi connectivity index (χ1) is 12.6. The van der Waals surface area contributed by atoms with Crippen molar-refractivity contribution in [3.63, 3.8) is 0 Å². The zero-order valence-corrected chi connectivity index (χ0v) is 14.6. The predicted octanol–water partition coefficient (Wildman–Crippen LogP) is 4.96. The van der Waals surface area contributed by atoms with Gasteiger partial charge in [0.1, 0.15) is 5.75 Å². The Kier molecular flexibility index (Phi) is 6.04. The van der Waals surface area contributed by atoms with Crippen LogP contribution < -0.4 is 10.1 Å². The summed E-state index contributed by atoms with van der Waals surface area (Å²) in [6.07, 6.45) is -3.94. The smallest absolute Gasteiger partial charge is 0.416 e. The molecule has 0 unspecified atom stereocenters. The molecular weight excluding hydrogens is 365 g/mol. The Hall–Kier alpha value is -3.10. The van der Waals surface area contributed by atoms with Gasteiger partial charge in [0.15, 0.2) is 0 Å². The highest BCUT2D eigenvalue weighted by atomic mass is 19.4. The van der Waals surface area contributed by atoms with Crippen LogP contribution in [-0.2, 0) is 6.18 Å². The first kappa shape index (κ1) is 20.2. The number of nitro benzene ring substituents is 1. The van der Waals surface area contributed by atoms with E-state index in [1.807, 2.05) is 6.92 Å². The molecule has 1 N–H and O–H groups in total. The van der Waals surface area contributed by atoms with E-state index in [1.54, 1.807) is 0 Å². The minimum Gasteiger partial charge on any atom is -0.491 e. The van der Waals surface area contributed by atoms with Crippen LogP contribution >= 0.6 is 0 Å². The Morgan fingerprint density at radius 3 is 2.48 bits per heavy atom. The number of aryl methyl sites for hydroxylation is 1. The molecule has 0 aliphatic heterocycles. The third-order valence-electron chi connectivity index (χ3n) is 3.67. The van der Waals surface area contributed by atoms with Crippen LogP contribution in [0.25, 0.3) is 0 Å². The molecule has 144 valence electrons. The van der Waals surface area contributed by atoms with Crippen LogP contribution in [0.4, 0.5) is 24.5 Å². The highest BCUT2D eigenvalue weighted by Crippen LogP contribution is 2.35. The quantitative estimate of drug-likeness (QED) is 0.565. The Morgan fingerprint density at radius 2 is 1.93 bits per heavy atom. The molecule has 0 radical (unpaired) electrons. The number of amides is 1. The van der Waals surface area contributed by atoms with E-state index in [1.165, 1.54) is 25.1 Å². The molecule has 0 bridgehead atoms. The van der Waals surface area contributed by atoms with Gasteiger partial charge in [0.25, 0.3) is 11.6 Å². The van der Waals surface area contributed by atoms with E-state index in [-0.39, 0.29) is 34.9 Å². The number of rotatable bonds is 6. The van der Waals surface area contributed by atoms with Crippen molar-refractivity contribution < 1.29 is 27.6 Å². The highest BCUT2D eigenvalue weighted by molar-refractivity contribution is 6.05. The second kappa shape index (κ2) is 8.07. The molecule has 0 saturated heterocycles. The summed E-state index contributed by atoms with van der Waals surface area (Å²) >= 11 is 0. The Labute approximate surface area is 153 Å². The van der Waals surface area contributed by atoms with Crippen LogP contribution in [0.5, 0.6) is 5.75 Å². The van der Waals surface area contributed by atoms with E-state index < -0.39 is 22.6 Å². The van der Waals surface area contributed by atoms with E-state index in [9.17, 15) is 28.1 Å². The minimum absolute atomic E-state index is 0.0805. The number of alkyl halides is 3. The first-order valence-electron chi connectivity index (χ1n) is 8.04. The lowest BCUT2D eigenvalue weighted by Gasteiger charge is -2.15. The van der Waals surface area contributed by atoms with Crippen LogP contribution in [0.1, 0.15) is 34.8 Å². The summed E-state index contributed by atoms with van der Waals surface area (Å²) in [4.78, 5) is 22.7. The second-order valence-electron chi connectivity index (χ2n) is 5.77. The van der Waals surface area contributed by atoms with Crippen molar-refractivity contribution >= 4 is 17.3 Å². The van der Waals surface area contributed by atoms with Crippen LogP contribution in [0.3, 0.4) is 0 Å². The van der Waals surface area contributed by atoms with Gasteiger partial charge in [-0.3, -0.25) is 14.9 Å². The fraction of sp³-hybridized carbons (Fsp3) is 0.278. The Morgan fingerprint density at radius 1 is 1.22 bits per heavy atom. The van der Waals surface area contributed by atoms with Gasteiger partial charge in [-0.1, -0.05) is 6.92 Å². The van der Waals surface area contributed by atoms with E-state index in [0.29, 0.717) is 6.42 Å². The average molecular weight is 382 g/mol. The topological polar surface area (TPSA) is 81.5 Å². The van der Waals surface area contributed by atoms with Gasteiger partial charge in [-0.2, -0.15) is 13.2 Å². The average Bonchev–Trinajstić information content (AvgIpc) is 2.59. The lowest BCUT2D eigenvalue weighted by atomic mass is 10.1. The van der Waals surface area contributed by atoms with Crippen molar-refractivity contribution in [2.24, 2.45) is 0 Å². The molecule has 27 heavy (non-hydrogen) atoms. The fourth-order valence-electron chi connectivity index (χ4n) is 2.34. The van der Waals surface area contributed by atoms with Gasteiger partial charge in [-0.15, -0.1) is 0 Å². The monoisotopic (exact) mass is 382 g/mol. The number of nitro groups is 1. The number of carbonyl (C=O) groups is 1. The van der Waals surface area contributed by atoms with E-state index >= 15 is 0 Å². The Bertz CT molecular complexity index is 866. The van der Waals surface area contributed by atoms with Gasteiger partial charge in [0.05, 0.1) is 22.8 Å². The lowest BCUT2D eigenvalue weighted by molar-refractivity contribution is -0.385. The first-order valence-corrected chi connectivity index (χ1v) is 8.04. The van der Waals surface area contributed by atoms with E-state index in [0.717, 1.165) is 18.2 Å². The van der Waals surface area contributed by atoms with Crippen molar-refractivity contribution in [2.75, 3.05) is 11.9 Å². The highest BCUT2D eigenvalue weighted by Gasteiger charge is 2.31. The van der Waals surface area contributed by atoms with Crippen LogP contribution in [0, 0.1) is 17.0 Å². The van der Waals surface area contributed by atoms with Gasteiger partial charge in [-0.25, -0.2) is 0 Å². The van der Waals surface area contributed by atoms with Crippen molar-refractivity contribution in [3.8, 4) is 5.75 Å². The molecule has 9 heteroatoms. The molecular formula is C18H17F3N2O4.